The predicted octanol–water partition coefficient (Wildman–Crippen LogP) is 2.98. The molecule has 0 saturated heterocycles. The first kappa shape index (κ1) is 11.3. The summed E-state index contributed by atoms with van der Waals surface area (Å²) < 4.78 is 2.61. The summed E-state index contributed by atoms with van der Waals surface area (Å²) in [6.45, 7) is 2.89. The van der Waals surface area contributed by atoms with Gasteiger partial charge in [0.05, 0.1) is 0 Å². The van der Waals surface area contributed by atoms with Crippen LogP contribution in [0, 0.1) is 6.92 Å². The first-order valence-corrected chi connectivity index (χ1v) is 6.16. The third-order valence-electron chi connectivity index (χ3n) is 2.51. The molecule has 0 aliphatic carbocycles. The highest BCUT2D eigenvalue weighted by atomic mass is 79.9. The van der Waals surface area contributed by atoms with Crippen LogP contribution in [0.3, 0.4) is 0 Å². The lowest BCUT2D eigenvalue weighted by Crippen LogP contribution is -2.03. The summed E-state index contributed by atoms with van der Waals surface area (Å²) in [4.78, 5) is 4.21. The average molecular weight is 280 g/mol. The zero-order valence-corrected chi connectivity index (χ0v) is 10.8. The Hall–Kier alpha value is -1.16. The lowest BCUT2D eigenvalue weighted by molar-refractivity contribution is 0.560. The highest BCUT2D eigenvalue weighted by molar-refractivity contribution is 9.10. The van der Waals surface area contributed by atoms with Crippen LogP contribution in [0.2, 0.25) is 0 Å². The van der Waals surface area contributed by atoms with Crippen LogP contribution in [0.15, 0.2) is 35.1 Å². The van der Waals surface area contributed by atoms with E-state index in [4.69, 9.17) is 0 Å². The highest BCUT2D eigenvalue weighted by Gasteiger charge is 2.02. The van der Waals surface area contributed by atoms with Crippen molar-refractivity contribution in [2.24, 2.45) is 0 Å². The molecule has 1 heterocycles. The van der Waals surface area contributed by atoms with Gasteiger partial charge in [0, 0.05) is 6.54 Å². The van der Waals surface area contributed by atoms with Gasteiger partial charge < -0.3 is 0 Å². The minimum Gasteiger partial charge on any atom is -0.249 e. The molecule has 1 aromatic heterocycles. The number of hydrogen-bond acceptors (Lipinski definition) is 2. The Labute approximate surface area is 104 Å². The van der Waals surface area contributed by atoms with Crippen LogP contribution in [0.25, 0.3) is 0 Å². The molecule has 0 spiro atoms. The monoisotopic (exact) mass is 279 g/mol. The zero-order chi connectivity index (χ0) is 11.4. The molecule has 0 radical (unpaired) electrons. The fraction of sp³-hybridized carbons (Fsp3) is 0.333. The topological polar surface area (TPSA) is 30.7 Å². The summed E-state index contributed by atoms with van der Waals surface area (Å²) >= 11 is 3.28. The van der Waals surface area contributed by atoms with Gasteiger partial charge in [0.15, 0.2) is 0 Å². The van der Waals surface area contributed by atoms with E-state index in [1.165, 1.54) is 5.56 Å². The molecule has 16 heavy (non-hydrogen) atoms. The van der Waals surface area contributed by atoms with Crippen LogP contribution in [0.1, 0.15) is 17.8 Å². The van der Waals surface area contributed by atoms with Gasteiger partial charge in [-0.05, 0) is 41.3 Å². The second-order valence-electron chi connectivity index (χ2n) is 3.74. The molecular formula is C12H14BrN3. The minimum atomic E-state index is 0.671. The molecule has 0 amide bonds. The van der Waals surface area contributed by atoms with Gasteiger partial charge in [-0.25, -0.2) is 9.67 Å². The van der Waals surface area contributed by atoms with Gasteiger partial charge in [-0.15, -0.1) is 5.10 Å². The molecule has 0 aliphatic rings. The largest absolute Gasteiger partial charge is 0.249 e. The smallest absolute Gasteiger partial charge is 0.217 e. The molecule has 4 heteroatoms. The van der Waals surface area contributed by atoms with E-state index in [0.29, 0.717) is 4.73 Å². The van der Waals surface area contributed by atoms with E-state index < -0.39 is 0 Å². The number of nitrogens with zero attached hydrogens (tertiary/aromatic N) is 3. The Kier molecular flexibility index (Phi) is 3.72. The molecule has 0 unspecified atom stereocenters. The van der Waals surface area contributed by atoms with E-state index in [-0.39, 0.29) is 0 Å². The molecule has 1 aromatic carbocycles. The fourth-order valence-corrected chi connectivity index (χ4v) is 2.12. The van der Waals surface area contributed by atoms with Gasteiger partial charge in [0.25, 0.3) is 0 Å². The van der Waals surface area contributed by atoms with Crippen LogP contribution >= 0.6 is 15.9 Å². The number of halogens is 1. The second-order valence-corrected chi connectivity index (χ2v) is 4.45. The van der Waals surface area contributed by atoms with E-state index >= 15 is 0 Å². The summed E-state index contributed by atoms with van der Waals surface area (Å²) in [6, 6.07) is 10.5. The molecule has 0 bridgehead atoms. The second kappa shape index (κ2) is 5.25. The van der Waals surface area contributed by atoms with E-state index in [2.05, 4.69) is 50.3 Å². The Bertz CT molecular complexity index is 451. The Balaban J connectivity index is 1.87. The predicted molar refractivity (Wildman–Crippen MR) is 67.2 cm³/mol. The number of benzene rings is 1. The summed E-state index contributed by atoms with van der Waals surface area (Å²) in [5.41, 5.74) is 1.37. The molecule has 0 N–H and O–H groups in total. The minimum absolute atomic E-state index is 0.671. The molecular weight excluding hydrogens is 266 g/mol. The quantitative estimate of drug-likeness (QED) is 0.862. The van der Waals surface area contributed by atoms with E-state index in [9.17, 15) is 0 Å². The summed E-state index contributed by atoms with van der Waals surface area (Å²) in [5, 5.41) is 4.26. The molecule has 2 aromatic rings. The van der Waals surface area contributed by atoms with Crippen molar-refractivity contribution in [3.8, 4) is 0 Å². The number of rotatable bonds is 4. The summed E-state index contributed by atoms with van der Waals surface area (Å²) in [7, 11) is 0. The van der Waals surface area contributed by atoms with Crippen molar-refractivity contribution in [1.82, 2.24) is 14.8 Å². The van der Waals surface area contributed by atoms with E-state index in [1.54, 1.807) is 0 Å². The van der Waals surface area contributed by atoms with Crippen molar-refractivity contribution in [1.29, 1.82) is 0 Å². The van der Waals surface area contributed by atoms with Crippen molar-refractivity contribution in [3.63, 3.8) is 0 Å². The Morgan fingerprint density at radius 1 is 1.25 bits per heavy atom. The van der Waals surface area contributed by atoms with Crippen molar-refractivity contribution in [3.05, 3.63) is 46.5 Å². The Morgan fingerprint density at radius 2 is 2.00 bits per heavy atom. The van der Waals surface area contributed by atoms with Gasteiger partial charge >= 0.3 is 0 Å². The first-order chi connectivity index (χ1) is 7.75. The fourth-order valence-electron chi connectivity index (χ4n) is 1.67. The van der Waals surface area contributed by atoms with Gasteiger partial charge in [-0.2, -0.15) is 0 Å². The van der Waals surface area contributed by atoms with Crippen molar-refractivity contribution in [2.45, 2.75) is 26.3 Å². The standard InChI is InChI=1S/C12H14BrN3/c1-10-14-12(13)15-16(10)9-5-8-11-6-3-2-4-7-11/h2-4,6-7H,5,8-9H2,1H3. The number of aromatic nitrogens is 3. The maximum Gasteiger partial charge on any atom is 0.217 e. The van der Waals surface area contributed by atoms with Crippen LogP contribution in [-0.2, 0) is 13.0 Å². The summed E-state index contributed by atoms with van der Waals surface area (Å²) in [5.74, 6) is 0.958. The van der Waals surface area contributed by atoms with Crippen molar-refractivity contribution in [2.75, 3.05) is 0 Å². The number of hydrogen-bond donors (Lipinski definition) is 0. The number of aryl methyl sites for hydroxylation is 3. The van der Waals surface area contributed by atoms with Gasteiger partial charge in [-0.1, -0.05) is 30.3 Å². The van der Waals surface area contributed by atoms with Gasteiger partial charge in [-0.3, -0.25) is 0 Å². The van der Waals surface area contributed by atoms with Crippen LogP contribution in [0.4, 0.5) is 0 Å². The third-order valence-corrected chi connectivity index (χ3v) is 2.84. The highest BCUT2D eigenvalue weighted by Crippen LogP contribution is 2.07. The third kappa shape index (κ3) is 2.92. The normalized spacial score (nSPS) is 10.6. The SMILES string of the molecule is Cc1nc(Br)nn1CCCc1ccccc1. The van der Waals surface area contributed by atoms with E-state index in [1.807, 2.05) is 17.7 Å². The van der Waals surface area contributed by atoms with Crippen molar-refractivity contribution >= 4 is 15.9 Å². The molecule has 0 saturated carbocycles. The van der Waals surface area contributed by atoms with Crippen LogP contribution < -0.4 is 0 Å². The molecule has 0 fully saturated rings. The van der Waals surface area contributed by atoms with E-state index in [0.717, 1.165) is 25.2 Å². The molecule has 3 nitrogen and oxygen atoms in total. The van der Waals surface area contributed by atoms with Crippen molar-refractivity contribution < 1.29 is 0 Å². The lowest BCUT2D eigenvalue weighted by Gasteiger charge is -2.03. The zero-order valence-electron chi connectivity index (χ0n) is 9.23. The Morgan fingerprint density at radius 3 is 2.62 bits per heavy atom. The average Bonchev–Trinajstić information content (AvgIpc) is 2.59. The molecule has 0 aliphatic heterocycles. The maximum atomic E-state index is 4.26. The van der Waals surface area contributed by atoms with Crippen LogP contribution in [0.5, 0.6) is 0 Å². The van der Waals surface area contributed by atoms with Gasteiger partial charge in [0.2, 0.25) is 4.73 Å². The molecule has 84 valence electrons. The first-order valence-electron chi connectivity index (χ1n) is 5.36. The molecule has 0 atom stereocenters. The van der Waals surface area contributed by atoms with Crippen LogP contribution in [-0.4, -0.2) is 14.8 Å². The molecule has 2 rings (SSSR count). The van der Waals surface area contributed by atoms with Gasteiger partial charge in [0.1, 0.15) is 5.82 Å². The lowest BCUT2D eigenvalue weighted by atomic mass is 10.1. The maximum absolute atomic E-state index is 4.26. The summed E-state index contributed by atoms with van der Waals surface area (Å²) in [6.07, 6.45) is 2.17.